The summed E-state index contributed by atoms with van der Waals surface area (Å²) in [5.74, 6) is -0.128. The van der Waals surface area contributed by atoms with Crippen LogP contribution in [0.5, 0.6) is 0 Å². The van der Waals surface area contributed by atoms with Crippen molar-refractivity contribution in [3.63, 3.8) is 0 Å². The van der Waals surface area contributed by atoms with E-state index in [0.29, 0.717) is 11.4 Å². The van der Waals surface area contributed by atoms with E-state index in [1.807, 2.05) is 19.9 Å². The quantitative estimate of drug-likeness (QED) is 0.614. The molecule has 0 saturated heterocycles. The second-order valence-corrected chi connectivity index (χ2v) is 8.79. The normalized spacial score (nSPS) is 11.3. The van der Waals surface area contributed by atoms with Gasteiger partial charge in [-0.3, -0.25) is 9.78 Å². The van der Waals surface area contributed by atoms with E-state index in [1.165, 1.54) is 0 Å². The van der Waals surface area contributed by atoms with Crippen molar-refractivity contribution in [2.45, 2.75) is 29.6 Å². The molecule has 0 unspecified atom stereocenters. The zero-order chi connectivity index (χ0) is 20.9. The van der Waals surface area contributed by atoms with Crippen LogP contribution >= 0.6 is 0 Å². The van der Waals surface area contributed by atoms with Crippen molar-refractivity contribution in [1.29, 1.82) is 0 Å². The molecule has 1 heterocycles. The molecular weight excluding hydrogens is 386 g/mol. The number of benzene rings is 2. The molecule has 0 atom stereocenters. The van der Waals surface area contributed by atoms with E-state index < -0.39 is 9.84 Å². The molecule has 3 rings (SSSR count). The largest absolute Gasteiger partial charge is 0.375 e. The summed E-state index contributed by atoms with van der Waals surface area (Å²) in [5, 5.41) is 5.68. The van der Waals surface area contributed by atoms with Crippen LogP contribution in [0, 0.1) is 0 Å². The molecule has 6 nitrogen and oxygen atoms in total. The van der Waals surface area contributed by atoms with Crippen molar-refractivity contribution in [3.8, 4) is 0 Å². The molecule has 3 aromatic rings. The number of rotatable bonds is 7. The molecule has 150 valence electrons. The Hall–Kier alpha value is -3.19. The first-order valence-corrected chi connectivity index (χ1v) is 10.7. The Balaban J connectivity index is 1.87. The Morgan fingerprint density at radius 1 is 1.03 bits per heavy atom. The Kier molecular flexibility index (Phi) is 6.29. The molecule has 1 aromatic heterocycles. The second-order valence-electron chi connectivity index (χ2n) is 6.87. The number of aromatic nitrogens is 1. The molecule has 0 radical (unpaired) electrons. The van der Waals surface area contributed by atoms with E-state index in [1.54, 1.807) is 67.0 Å². The van der Waals surface area contributed by atoms with Gasteiger partial charge in [-0.15, -0.1) is 0 Å². The first kappa shape index (κ1) is 20.5. The van der Waals surface area contributed by atoms with Gasteiger partial charge < -0.3 is 10.6 Å². The zero-order valence-electron chi connectivity index (χ0n) is 16.3. The summed E-state index contributed by atoms with van der Waals surface area (Å²) >= 11 is 0. The maximum absolute atomic E-state index is 13.2. The maximum Gasteiger partial charge on any atom is 0.243 e. The fourth-order valence-electron chi connectivity index (χ4n) is 2.81. The van der Waals surface area contributed by atoms with Crippen molar-refractivity contribution in [2.75, 3.05) is 17.2 Å². The van der Waals surface area contributed by atoms with Gasteiger partial charge in [0.1, 0.15) is 0 Å². The molecule has 0 fully saturated rings. The second kappa shape index (κ2) is 8.87. The molecule has 0 bridgehead atoms. The highest BCUT2D eigenvalue weighted by molar-refractivity contribution is 7.91. The third-order valence-corrected chi connectivity index (χ3v) is 6.21. The average molecular weight is 410 g/mol. The third-order valence-electron chi connectivity index (χ3n) is 4.40. The smallest absolute Gasteiger partial charge is 0.243 e. The number of pyridine rings is 1. The molecule has 1 amide bonds. The summed E-state index contributed by atoms with van der Waals surface area (Å²) in [4.78, 5) is 16.6. The summed E-state index contributed by atoms with van der Waals surface area (Å²) in [6, 6.07) is 17.0. The van der Waals surface area contributed by atoms with Gasteiger partial charge in [0.25, 0.3) is 0 Å². The molecular formula is C22H23N3O3S. The summed E-state index contributed by atoms with van der Waals surface area (Å²) in [6.07, 6.45) is 3.16. The van der Waals surface area contributed by atoms with E-state index in [-0.39, 0.29) is 28.2 Å². The van der Waals surface area contributed by atoms with Gasteiger partial charge in [-0.1, -0.05) is 38.1 Å². The molecule has 2 N–H and O–H groups in total. The number of anilines is 2. The first-order chi connectivity index (χ1) is 13.9. The summed E-state index contributed by atoms with van der Waals surface area (Å²) < 4.78 is 26.4. The molecule has 0 aliphatic carbocycles. The Labute approximate surface area is 170 Å². The highest BCUT2D eigenvalue weighted by Gasteiger charge is 2.22. The van der Waals surface area contributed by atoms with Gasteiger partial charge in [-0.05, 0) is 47.9 Å². The van der Waals surface area contributed by atoms with Crippen molar-refractivity contribution in [3.05, 3.63) is 78.6 Å². The fourth-order valence-corrected chi connectivity index (χ4v) is 4.30. The molecule has 0 aliphatic rings. The highest BCUT2D eigenvalue weighted by atomic mass is 32.2. The van der Waals surface area contributed by atoms with E-state index in [4.69, 9.17) is 0 Å². The van der Waals surface area contributed by atoms with Crippen LogP contribution in [-0.4, -0.2) is 25.9 Å². The van der Waals surface area contributed by atoms with Crippen LogP contribution in [0.15, 0.2) is 82.8 Å². The molecule has 7 heteroatoms. The Morgan fingerprint density at radius 2 is 1.79 bits per heavy atom. The number of hydrogen-bond donors (Lipinski definition) is 2. The van der Waals surface area contributed by atoms with Gasteiger partial charge >= 0.3 is 0 Å². The van der Waals surface area contributed by atoms with Gasteiger partial charge in [0.15, 0.2) is 0 Å². The molecule has 0 saturated carbocycles. The number of sulfone groups is 1. The lowest BCUT2D eigenvalue weighted by Crippen LogP contribution is -2.22. The predicted molar refractivity (Wildman–Crippen MR) is 114 cm³/mol. The third kappa shape index (κ3) is 5.00. The minimum Gasteiger partial charge on any atom is -0.375 e. The fraction of sp³-hybridized carbons (Fsp3) is 0.182. The van der Waals surface area contributed by atoms with Gasteiger partial charge in [0.2, 0.25) is 15.7 Å². The predicted octanol–water partition coefficient (Wildman–Crippen LogP) is 4.09. The molecule has 0 aliphatic heterocycles. The van der Waals surface area contributed by atoms with Gasteiger partial charge in [-0.25, -0.2) is 8.42 Å². The topological polar surface area (TPSA) is 88.2 Å². The number of carbonyl (C=O) groups excluding carboxylic acids is 1. The summed E-state index contributed by atoms with van der Waals surface area (Å²) in [5.41, 5.74) is 1.87. The maximum atomic E-state index is 13.2. The van der Waals surface area contributed by atoms with Crippen molar-refractivity contribution in [1.82, 2.24) is 4.98 Å². The minimum absolute atomic E-state index is 0.0762. The lowest BCUT2D eigenvalue weighted by Gasteiger charge is -2.16. The van der Waals surface area contributed by atoms with Crippen LogP contribution in [0.3, 0.4) is 0 Å². The molecule has 29 heavy (non-hydrogen) atoms. The zero-order valence-corrected chi connectivity index (χ0v) is 17.1. The van der Waals surface area contributed by atoms with Crippen LogP contribution in [0.1, 0.15) is 25.3 Å². The SMILES string of the molecule is CC(C)c1ccc(NCC(=O)Nc2cccnc2)c(S(=O)(=O)c2ccccc2)c1. The summed E-state index contributed by atoms with van der Waals surface area (Å²) in [7, 11) is -3.74. The molecule has 2 aromatic carbocycles. The number of nitrogens with zero attached hydrogens (tertiary/aromatic N) is 1. The number of carbonyl (C=O) groups is 1. The minimum atomic E-state index is -3.74. The van der Waals surface area contributed by atoms with Crippen molar-refractivity contribution < 1.29 is 13.2 Å². The van der Waals surface area contributed by atoms with Gasteiger partial charge in [0, 0.05) is 6.20 Å². The van der Waals surface area contributed by atoms with Crippen molar-refractivity contribution in [2.24, 2.45) is 0 Å². The standard InChI is InChI=1S/C22H23N3O3S/c1-16(2)17-10-11-20(24-15-22(26)25-18-7-6-12-23-14-18)21(13-17)29(27,28)19-8-4-3-5-9-19/h3-14,16,24H,15H2,1-2H3,(H,25,26). The summed E-state index contributed by atoms with van der Waals surface area (Å²) in [6.45, 7) is 3.93. The lowest BCUT2D eigenvalue weighted by atomic mass is 10.0. The van der Waals surface area contributed by atoms with Crippen LogP contribution < -0.4 is 10.6 Å². The van der Waals surface area contributed by atoms with E-state index >= 15 is 0 Å². The van der Waals surface area contributed by atoms with Crippen LogP contribution in [0.4, 0.5) is 11.4 Å². The Morgan fingerprint density at radius 3 is 2.45 bits per heavy atom. The van der Waals surface area contributed by atoms with Crippen molar-refractivity contribution >= 4 is 27.1 Å². The average Bonchev–Trinajstić information content (AvgIpc) is 2.73. The van der Waals surface area contributed by atoms with Gasteiger partial charge in [0.05, 0.1) is 33.9 Å². The van der Waals surface area contributed by atoms with Gasteiger partial charge in [-0.2, -0.15) is 0 Å². The molecule has 0 spiro atoms. The van der Waals surface area contributed by atoms with E-state index in [0.717, 1.165) is 5.56 Å². The number of nitrogens with one attached hydrogen (secondary N) is 2. The monoisotopic (exact) mass is 409 g/mol. The van der Waals surface area contributed by atoms with Crippen LogP contribution in [-0.2, 0) is 14.6 Å². The van der Waals surface area contributed by atoms with Crippen LogP contribution in [0.2, 0.25) is 0 Å². The highest BCUT2D eigenvalue weighted by Crippen LogP contribution is 2.30. The lowest BCUT2D eigenvalue weighted by molar-refractivity contribution is -0.114. The van der Waals surface area contributed by atoms with E-state index in [9.17, 15) is 13.2 Å². The van der Waals surface area contributed by atoms with E-state index in [2.05, 4.69) is 15.6 Å². The van der Waals surface area contributed by atoms with Crippen LogP contribution in [0.25, 0.3) is 0 Å². The first-order valence-electron chi connectivity index (χ1n) is 9.26. The number of hydrogen-bond acceptors (Lipinski definition) is 5. The number of amides is 1. The Bertz CT molecular complexity index is 1080.